The van der Waals surface area contributed by atoms with Gasteiger partial charge in [-0.2, -0.15) is 0 Å². The first-order valence-electron chi connectivity index (χ1n) is 6.17. The Kier molecular flexibility index (Phi) is 4.04. The van der Waals surface area contributed by atoms with Crippen LogP contribution in [-0.4, -0.2) is 24.1 Å². The molecule has 0 aliphatic rings. The van der Waals surface area contributed by atoms with Crippen molar-refractivity contribution in [3.8, 4) is 0 Å². The van der Waals surface area contributed by atoms with E-state index in [-0.39, 0.29) is 4.31 Å². The fourth-order valence-corrected chi connectivity index (χ4v) is 11.2. The predicted molar refractivity (Wildman–Crippen MR) is 84.8 cm³/mol. The van der Waals surface area contributed by atoms with Gasteiger partial charge in [-0.15, -0.1) is 0 Å². The summed E-state index contributed by atoms with van der Waals surface area (Å²) in [5.41, 5.74) is 0. The second kappa shape index (κ2) is 5.23. The van der Waals surface area contributed by atoms with Gasteiger partial charge in [-0.3, -0.25) is 0 Å². The minimum atomic E-state index is -2.24. The van der Waals surface area contributed by atoms with Gasteiger partial charge < -0.3 is 0 Å². The van der Waals surface area contributed by atoms with Gasteiger partial charge in [0.1, 0.15) is 0 Å². The second-order valence-electron chi connectivity index (χ2n) is 5.45. The van der Waals surface area contributed by atoms with E-state index in [0.29, 0.717) is 0 Å². The maximum atomic E-state index is 3.63. The van der Waals surface area contributed by atoms with E-state index in [1.807, 2.05) is 0 Å². The Balaban J connectivity index is 2.68. The first kappa shape index (κ1) is 13.9. The van der Waals surface area contributed by atoms with Crippen LogP contribution < -0.4 is 8.92 Å². The van der Waals surface area contributed by atoms with Crippen LogP contribution in [0.2, 0.25) is 4.31 Å². The summed E-state index contributed by atoms with van der Waals surface area (Å²) >= 11 is 3.63. The zero-order valence-corrected chi connectivity index (χ0v) is 14.7. The molecule has 0 nitrogen and oxygen atoms in total. The number of benzene rings is 2. The minimum absolute atomic E-state index is 0.279. The standard InChI is InChI=1S/C16H20Se2/c1-16(2,3)18(17,14-10-6-4-7-11-14)15-12-8-5-9-13-15/h4-13,18H,1-3H3. The summed E-state index contributed by atoms with van der Waals surface area (Å²) in [7, 11) is -2.24. The molecule has 0 fully saturated rings. The fraction of sp³-hybridized carbons (Fsp3) is 0.250. The molecule has 0 heterocycles. The SMILES string of the molecule is CC(C)(C)[SeH](=[Se])(c1ccccc1)c1ccccc1. The average Bonchev–Trinajstić information content (AvgIpc) is 2.38. The maximum absolute atomic E-state index is 3.63. The molecular weight excluding hydrogens is 350 g/mol. The van der Waals surface area contributed by atoms with Crippen molar-refractivity contribution in [3.63, 3.8) is 0 Å². The Morgan fingerprint density at radius 1 is 0.722 bits per heavy atom. The quantitative estimate of drug-likeness (QED) is 0.713. The van der Waals surface area contributed by atoms with Crippen molar-refractivity contribution in [1.82, 2.24) is 0 Å². The molecule has 0 spiro atoms. The molecule has 0 saturated carbocycles. The van der Waals surface area contributed by atoms with E-state index < -0.39 is 10.5 Å². The van der Waals surface area contributed by atoms with Crippen LogP contribution in [0.1, 0.15) is 20.8 Å². The van der Waals surface area contributed by atoms with Crippen molar-refractivity contribution in [2.75, 3.05) is 0 Å². The van der Waals surface area contributed by atoms with Crippen molar-refractivity contribution in [2.24, 2.45) is 0 Å². The summed E-state index contributed by atoms with van der Waals surface area (Å²) in [4.78, 5) is 0. The normalized spacial score (nSPS) is 13.3. The molecule has 96 valence electrons. The molecular formula is C16H20Se2. The van der Waals surface area contributed by atoms with Crippen LogP contribution in [-0.2, 0) is 0 Å². The van der Waals surface area contributed by atoms with Gasteiger partial charge in [-0.1, -0.05) is 0 Å². The molecule has 2 aromatic rings. The van der Waals surface area contributed by atoms with Gasteiger partial charge in [0.05, 0.1) is 0 Å². The van der Waals surface area contributed by atoms with Crippen LogP contribution in [0.5, 0.6) is 0 Å². The number of rotatable bonds is 2. The summed E-state index contributed by atoms with van der Waals surface area (Å²) in [6.45, 7) is 7.07. The van der Waals surface area contributed by atoms with Crippen LogP contribution in [0.15, 0.2) is 60.7 Å². The van der Waals surface area contributed by atoms with Gasteiger partial charge in [0.2, 0.25) is 0 Å². The molecule has 0 bridgehead atoms. The molecule has 2 rings (SSSR count). The van der Waals surface area contributed by atoms with E-state index in [2.05, 4.69) is 95.1 Å². The van der Waals surface area contributed by atoms with E-state index in [0.717, 1.165) is 0 Å². The number of hydrogen-bond acceptors (Lipinski definition) is 0. The van der Waals surface area contributed by atoms with Crippen molar-refractivity contribution in [1.29, 1.82) is 0 Å². The van der Waals surface area contributed by atoms with Crippen LogP contribution in [0.3, 0.4) is 0 Å². The van der Waals surface area contributed by atoms with Gasteiger partial charge in [0.25, 0.3) is 0 Å². The third-order valence-electron chi connectivity index (χ3n) is 3.18. The molecule has 0 amide bonds. The van der Waals surface area contributed by atoms with E-state index in [4.69, 9.17) is 0 Å². The third-order valence-corrected chi connectivity index (χ3v) is 22.0. The molecule has 0 aliphatic carbocycles. The van der Waals surface area contributed by atoms with E-state index in [1.54, 1.807) is 0 Å². The molecule has 2 heteroatoms. The topological polar surface area (TPSA) is 0 Å². The van der Waals surface area contributed by atoms with Crippen LogP contribution in [0.25, 0.3) is 0 Å². The van der Waals surface area contributed by atoms with Gasteiger partial charge >= 0.3 is 119 Å². The molecule has 0 atom stereocenters. The zero-order valence-electron chi connectivity index (χ0n) is 11.1. The van der Waals surface area contributed by atoms with E-state index in [9.17, 15) is 0 Å². The molecule has 18 heavy (non-hydrogen) atoms. The van der Waals surface area contributed by atoms with E-state index >= 15 is 0 Å². The van der Waals surface area contributed by atoms with Gasteiger partial charge in [-0.05, 0) is 0 Å². The Hall–Kier alpha value is -0.521. The predicted octanol–water partition coefficient (Wildman–Crippen LogP) is 2.45. The molecule has 0 aliphatic heterocycles. The van der Waals surface area contributed by atoms with Gasteiger partial charge in [0, 0.05) is 0 Å². The Morgan fingerprint density at radius 2 is 1.06 bits per heavy atom. The fourth-order valence-electron chi connectivity index (χ4n) is 2.20. The first-order chi connectivity index (χ1) is 8.46. The third kappa shape index (κ3) is 2.44. The Labute approximate surface area is 118 Å². The summed E-state index contributed by atoms with van der Waals surface area (Å²) in [5, 5.41) is 0. The monoisotopic (exact) mass is 372 g/mol. The van der Waals surface area contributed by atoms with Crippen LogP contribution in [0, 0.1) is 0 Å². The van der Waals surface area contributed by atoms with Crippen molar-refractivity contribution >= 4 is 33.1 Å². The number of hydrogen-bond donors (Lipinski definition) is 0. The molecule has 0 saturated heterocycles. The first-order valence-corrected chi connectivity index (χ1v) is 13.7. The zero-order chi connectivity index (χ0) is 13.2. The molecule has 2 aromatic carbocycles. The van der Waals surface area contributed by atoms with Crippen LogP contribution in [0.4, 0.5) is 0 Å². The summed E-state index contributed by atoms with van der Waals surface area (Å²) < 4.78 is 3.27. The van der Waals surface area contributed by atoms with E-state index in [1.165, 1.54) is 8.92 Å². The van der Waals surface area contributed by atoms with Crippen molar-refractivity contribution < 1.29 is 0 Å². The molecule has 0 unspecified atom stereocenters. The summed E-state index contributed by atoms with van der Waals surface area (Å²) in [6, 6.07) is 21.9. The second-order valence-corrected chi connectivity index (χ2v) is 19.0. The van der Waals surface area contributed by atoms with Crippen molar-refractivity contribution in [3.05, 3.63) is 60.7 Å². The van der Waals surface area contributed by atoms with Crippen LogP contribution >= 0.6 is 0 Å². The molecule has 0 N–H and O–H groups in total. The van der Waals surface area contributed by atoms with Crippen molar-refractivity contribution in [2.45, 2.75) is 25.1 Å². The van der Waals surface area contributed by atoms with Gasteiger partial charge in [-0.25, -0.2) is 0 Å². The average molecular weight is 370 g/mol. The van der Waals surface area contributed by atoms with Gasteiger partial charge in [0.15, 0.2) is 0 Å². The Morgan fingerprint density at radius 3 is 1.33 bits per heavy atom. The molecule has 0 radical (unpaired) electrons. The molecule has 0 aromatic heterocycles. The summed E-state index contributed by atoms with van der Waals surface area (Å²) in [6.07, 6.45) is 0. The summed E-state index contributed by atoms with van der Waals surface area (Å²) in [5.74, 6) is 0. The Bertz CT molecular complexity index is 507.